The van der Waals surface area contributed by atoms with Gasteiger partial charge in [0.05, 0.1) is 32.1 Å². The summed E-state index contributed by atoms with van der Waals surface area (Å²) in [7, 11) is -3.23. The Morgan fingerprint density at radius 2 is 2.14 bits per heavy atom. The molecule has 28 heavy (non-hydrogen) atoms. The molecule has 1 saturated heterocycles. The van der Waals surface area contributed by atoms with Crippen molar-refractivity contribution in [1.29, 1.82) is 0 Å². The van der Waals surface area contributed by atoms with E-state index in [4.69, 9.17) is 19.4 Å². The second-order valence-electron chi connectivity index (χ2n) is 6.56. The molecule has 0 spiro atoms. The molecule has 10 heteroatoms. The number of amides is 1. The van der Waals surface area contributed by atoms with E-state index in [1.54, 1.807) is 11.0 Å². The molecule has 0 bridgehead atoms. The maximum atomic E-state index is 12.9. The van der Waals surface area contributed by atoms with Gasteiger partial charge >= 0.3 is 0 Å². The Labute approximate surface area is 164 Å². The Morgan fingerprint density at radius 1 is 1.39 bits per heavy atom. The van der Waals surface area contributed by atoms with E-state index in [0.717, 1.165) is 37.0 Å². The van der Waals surface area contributed by atoms with E-state index in [2.05, 4.69) is 4.72 Å². The molecule has 0 aromatic heterocycles. The second-order valence-corrected chi connectivity index (χ2v) is 8.40. The number of carboxylic acid groups (broad SMARTS) is 1. The highest BCUT2D eigenvalue weighted by atomic mass is 32.2. The molecule has 3 rings (SSSR count). The Bertz CT molecular complexity index is 782. The van der Waals surface area contributed by atoms with E-state index in [-0.39, 0.29) is 25.0 Å². The number of rotatable bonds is 5. The first kappa shape index (κ1) is 22.1. The highest BCUT2D eigenvalue weighted by molar-refractivity contribution is 7.88. The van der Waals surface area contributed by atoms with Gasteiger partial charge in [-0.1, -0.05) is 0 Å². The average molecular weight is 414 g/mol. The summed E-state index contributed by atoms with van der Waals surface area (Å²) in [6.45, 7) is 2.19. The first-order valence-corrected chi connectivity index (χ1v) is 10.9. The zero-order chi connectivity index (χ0) is 20.6. The molecule has 2 aliphatic heterocycles. The minimum absolute atomic E-state index is 0.0407. The lowest BCUT2D eigenvalue weighted by atomic mass is 10.0. The van der Waals surface area contributed by atoms with Crippen LogP contribution in [0.1, 0.15) is 28.8 Å². The van der Waals surface area contributed by atoms with Crippen molar-refractivity contribution in [2.24, 2.45) is 0 Å². The number of carbonyl (C=O) groups is 2. The number of hydrogen-bond acceptors (Lipinski definition) is 6. The van der Waals surface area contributed by atoms with Crippen LogP contribution in [-0.4, -0.2) is 76.0 Å². The fraction of sp³-hybridized carbons (Fsp3) is 0.556. The van der Waals surface area contributed by atoms with Crippen molar-refractivity contribution in [1.82, 2.24) is 9.62 Å². The summed E-state index contributed by atoms with van der Waals surface area (Å²) in [5.74, 6) is 0.819. The number of aryl methyl sites for hydroxylation is 1. The van der Waals surface area contributed by atoms with E-state index in [1.807, 2.05) is 12.1 Å². The van der Waals surface area contributed by atoms with Gasteiger partial charge in [0.1, 0.15) is 5.75 Å². The number of ether oxygens (including phenoxy) is 2. The molecule has 2 N–H and O–H groups in total. The summed E-state index contributed by atoms with van der Waals surface area (Å²) in [5, 5.41) is 6.89. The van der Waals surface area contributed by atoms with Gasteiger partial charge in [-0.2, -0.15) is 0 Å². The van der Waals surface area contributed by atoms with E-state index in [9.17, 15) is 13.2 Å². The first-order chi connectivity index (χ1) is 13.4. The third kappa shape index (κ3) is 6.47. The van der Waals surface area contributed by atoms with Crippen molar-refractivity contribution in [2.45, 2.75) is 25.3 Å². The van der Waals surface area contributed by atoms with Crippen LogP contribution >= 0.6 is 0 Å². The number of fused-ring (bicyclic) bond motifs is 1. The Hall–Kier alpha value is -2.17. The fourth-order valence-electron chi connectivity index (χ4n) is 3.23. The molecule has 9 nitrogen and oxygen atoms in total. The van der Waals surface area contributed by atoms with Crippen LogP contribution in [0.2, 0.25) is 0 Å². The Morgan fingerprint density at radius 3 is 2.86 bits per heavy atom. The SMILES string of the molecule is CS(=O)(=O)NCCC1COCCN1C(=O)c1ccc2c(c1)CCCO2.O=CO. The maximum absolute atomic E-state index is 12.9. The highest BCUT2D eigenvalue weighted by Gasteiger charge is 2.28. The van der Waals surface area contributed by atoms with Gasteiger partial charge in [-0.05, 0) is 43.0 Å². The summed E-state index contributed by atoms with van der Waals surface area (Å²) >= 11 is 0. The van der Waals surface area contributed by atoms with Gasteiger partial charge in [0.15, 0.2) is 0 Å². The molecule has 1 fully saturated rings. The van der Waals surface area contributed by atoms with Crippen LogP contribution < -0.4 is 9.46 Å². The molecule has 1 amide bonds. The van der Waals surface area contributed by atoms with Crippen LogP contribution in [0.3, 0.4) is 0 Å². The topological polar surface area (TPSA) is 122 Å². The molecular weight excluding hydrogens is 388 g/mol. The highest BCUT2D eigenvalue weighted by Crippen LogP contribution is 2.26. The molecule has 1 aromatic carbocycles. The van der Waals surface area contributed by atoms with Crippen LogP contribution in [0.5, 0.6) is 5.75 Å². The number of sulfonamides is 1. The lowest BCUT2D eigenvalue weighted by molar-refractivity contribution is -0.122. The lowest BCUT2D eigenvalue weighted by Crippen LogP contribution is -2.49. The fourth-order valence-corrected chi connectivity index (χ4v) is 3.72. The smallest absolute Gasteiger partial charge is 0.290 e. The number of carbonyl (C=O) groups excluding carboxylic acids is 1. The third-order valence-corrected chi connectivity index (χ3v) is 5.21. The average Bonchev–Trinajstić information content (AvgIpc) is 2.67. The molecule has 1 aromatic rings. The van der Waals surface area contributed by atoms with Crippen LogP contribution in [-0.2, 0) is 26.0 Å². The summed E-state index contributed by atoms with van der Waals surface area (Å²) in [4.78, 5) is 23.1. The first-order valence-electron chi connectivity index (χ1n) is 9.02. The third-order valence-electron chi connectivity index (χ3n) is 4.49. The zero-order valence-corrected chi connectivity index (χ0v) is 16.6. The number of morpholine rings is 1. The molecule has 156 valence electrons. The van der Waals surface area contributed by atoms with Crippen molar-refractivity contribution in [3.63, 3.8) is 0 Å². The van der Waals surface area contributed by atoms with Gasteiger partial charge in [-0.3, -0.25) is 9.59 Å². The van der Waals surface area contributed by atoms with Crippen molar-refractivity contribution in [3.05, 3.63) is 29.3 Å². The predicted octanol–water partition coefficient (Wildman–Crippen LogP) is 0.493. The molecule has 0 saturated carbocycles. The maximum Gasteiger partial charge on any atom is 0.290 e. The number of nitrogens with zero attached hydrogens (tertiary/aromatic N) is 1. The van der Waals surface area contributed by atoms with E-state index in [0.29, 0.717) is 31.7 Å². The van der Waals surface area contributed by atoms with E-state index >= 15 is 0 Å². The minimum atomic E-state index is -3.23. The molecule has 2 aliphatic rings. The number of hydrogen-bond donors (Lipinski definition) is 2. The van der Waals surface area contributed by atoms with E-state index in [1.165, 1.54) is 0 Å². The van der Waals surface area contributed by atoms with Crippen molar-refractivity contribution in [3.8, 4) is 5.75 Å². The molecule has 0 radical (unpaired) electrons. The Balaban J connectivity index is 0.000000878. The van der Waals surface area contributed by atoms with Crippen LogP contribution in [0.4, 0.5) is 0 Å². The molecule has 0 aliphatic carbocycles. The van der Waals surface area contributed by atoms with Gasteiger partial charge < -0.3 is 19.5 Å². The lowest BCUT2D eigenvalue weighted by Gasteiger charge is -2.36. The molecule has 1 atom stereocenters. The standard InChI is InChI=1S/C17H24N2O5S.CH2O2/c1-25(21,22)18-7-6-15-12-23-10-8-19(15)17(20)14-4-5-16-13(11-14)3-2-9-24-16;2-1-3/h4-5,11,15,18H,2-3,6-10,12H2,1H3;1H,(H,2,3). The molecule has 1 unspecified atom stereocenters. The van der Waals surface area contributed by atoms with Crippen LogP contribution in [0.15, 0.2) is 18.2 Å². The Kier molecular flexibility index (Phi) is 8.21. The van der Waals surface area contributed by atoms with Gasteiger partial charge in [-0.25, -0.2) is 13.1 Å². The van der Waals surface area contributed by atoms with E-state index < -0.39 is 10.0 Å². The van der Waals surface area contributed by atoms with Crippen molar-refractivity contribution in [2.75, 3.05) is 39.2 Å². The summed E-state index contributed by atoms with van der Waals surface area (Å²) in [6.07, 6.45) is 3.53. The summed E-state index contributed by atoms with van der Waals surface area (Å²) in [6, 6.07) is 5.44. The van der Waals surface area contributed by atoms with Gasteiger partial charge in [-0.15, -0.1) is 0 Å². The van der Waals surface area contributed by atoms with Gasteiger partial charge in [0.25, 0.3) is 12.4 Å². The number of nitrogens with one attached hydrogen (secondary N) is 1. The quantitative estimate of drug-likeness (QED) is 0.673. The van der Waals surface area contributed by atoms with Gasteiger partial charge in [0, 0.05) is 18.7 Å². The largest absolute Gasteiger partial charge is 0.493 e. The molecule has 2 heterocycles. The second kappa shape index (κ2) is 10.4. The van der Waals surface area contributed by atoms with Crippen molar-refractivity contribution >= 4 is 22.4 Å². The van der Waals surface area contributed by atoms with Crippen LogP contribution in [0, 0.1) is 0 Å². The molecular formula is C18H26N2O7S. The monoisotopic (exact) mass is 414 g/mol. The summed E-state index contributed by atoms with van der Waals surface area (Å²) in [5.41, 5.74) is 1.72. The predicted molar refractivity (Wildman–Crippen MR) is 102 cm³/mol. The minimum Gasteiger partial charge on any atom is -0.493 e. The normalized spacial score (nSPS) is 18.9. The number of benzene rings is 1. The van der Waals surface area contributed by atoms with Gasteiger partial charge in [0.2, 0.25) is 10.0 Å². The van der Waals surface area contributed by atoms with Crippen molar-refractivity contribution < 1.29 is 32.6 Å². The van der Waals surface area contributed by atoms with Crippen LogP contribution in [0.25, 0.3) is 0 Å². The summed E-state index contributed by atoms with van der Waals surface area (Å²) < 4.78 is 36.0. The zero-order valence-electron chi connectivity index (χ0n) is 15.8.